The minimum atomic E-state index is -0.340. The van der Waals surface area contributed by atoms with Gasteiger partial charge in [0.05, 0.1) is 22.5 Å². The predicted molar refractivity (Wildman–Crippen MR) is 122 cm³/mol. The number of ketones is 2. The standard InChI is InChI=1S/C26H23N3O3/c30-20-8-4-7-17-21(20)25(32)22-18(24(17)31)9-10-19-23(22)28-26(27-19)11-13-29(14-12-26)15-16-5-2-1-3-6-16/h1-10,27-28,30H,11-15H2. The van der Waals surface area contributed by atoms with Crippen LogP contribution in [-0.2, 0) is 6.54 Å². The zero-order valence-electron chi connectivity index (χ0n) is 17.5. The number of phenolic OH excluding ortho intramolecular Hbond substituents is 1. The molecule has 0 unspecified atom stereocenters. The lowest BCUT2D eigenvalue weighted by Gasteiger charge is -2.40. The Morgan fingerprint density at radius 1 is 0.812 bits per heavy atom. The van der Waals surface area contributed by atoms with Crippen molar-refractivity contribution in [2.75, 3.05) is 23.7 Å². The maximum absolute atomic E-state index is 13.4. The minimum absolute atomic E-state index is 0.0961. The molecule has 3 aliphatic rings. The number of nitrogens with one attached hydrogen (secondary N) is 2. The molecule has 160 valence electrons. The van der Waals surface area contributed by atoms with E-state index in [1.165, 1.54) is 11.6 Å². The molecule has 32 heavy (non-hydrogen) atoms. The average Bonchev–Trinajstić information content (AvgIpc) is 3.17. The van der Waals surface area contributed by atoms with Gasteiger partial charge >= 0.3 is 0 Å². The Bertz CT molecular complexity index is 1260. The van der Waals surface area contributed by atoms with Crippen LogP contribution in [0.3, 0.4) is 0 Å². The smallest absolute Gasteiger partial charge is 0.200 e. The lowest BCUT2D eigenvalue weighted by Crippen LogP contribution is -2.51. The monoisotopic (exact) mass is 425 g/mol. The van der Waals surface area contributed by atoms with E-state index in [1.54, 1.807) is 18.2 Å². The van der Waals surface area contributed by atoms with Gasteiger partial charge < -0.3 is 15.7 Å². The molecule has 0 bridgehead atoms. The first kappa shape index (κ1) is 19.1. The summed E-state index contributed by atoms with van der Waals surface area (Å²) in [5.74, 6) is -0.690. The van der Waals surface area contributed by atoms with Gasteiger partial charge in [0, 0.05) is 43.6 Å². The minimum Gasteiger partial charge on any atom is -0.507 e. The van der Waals surface area contributed by atoms with E-state index in [-0.39, 0.29) is 34.1 Å². The first-order chi connectivity index (χ1) is 15.5. The van der Waals surface area contributed by atoms with Crippen molar-refractivity contribution in [1.29, 1.82) is 0 Å². The summed E-state index contributed by atoms with van der Waals surface area (Å²) in [6.07, 6.45) is 1.74. The van der Waals surface area contributed by atoms with Crippen molar-refractivity contribution in [2.24, 2.45) is 0 Å². The third kappa shape index (κ3) is 2.83. The van der Waals surface area contributed by atoms with Crippen LogP contribution in [0.2, 0.25) is 0 Å². The quantitative estimate of drug-likeness (QED) is 0.450. The van der Waals surface area contributed by atoms with Crippen molar-refractivity contribution < 1.29 is 14.7 Å². The lowest BCUT2D eigenvalue weighted by molar-refractivity contribution is 0.0977. The first-order valence-corrected chi connectivity index (χ1v) is 11.0. The van der Waals surface area contributed by atoms with Gasteiger partial charge in [-0.05, 0) is 23.8 Å². The first-order valence-electron chi connectivity index (χ1n) is 11.0. The number of fused-ring (bicyclic) bond motifs is 4. The van der Waals surface area contributed by atoms with Crippen LogP contribution in [0.25, 0.3) is 0 Å². The number of anilines is 2. The highest BCUT2D eigenvalue weighted by Crippen LogP contribution is 2.46. The number of piperidine rings is 1. The topological polar surface area (TPSA) is 81.7 Å². The van der Waals surface area contributed by atoms with Crippen molar-refractivity contribution in [2.45, 2.75) is 25.0 Å². The number of carbonyl (C=O) groups is 2. The molecule has 2 heterocycles. The molecule has 0 atom stereocenters. The van der Waals surface area contributed by atoms with Gasteiger partial charge in [0.25, 0.3) is 0 Å². The van der Waals surface area contributed by atoms with E-state index in [0.717, 1.165) is 38.2 Å². The fourth-order valence-electron chi connectivity index (χ4n) is 5.21. The van der Waals surface area contributed by atoms with Gasteiger partial charge in [0.2, 0.25) is 0 Å². The Morgan fingerprint density at radius 2 is 1.56 bits per heavy atom. The van der Waals surface area contributed by atoms with E-state index in [9.17, 15) is 14.7 Å². The number of benzene rings is 3. The van der Waals surface area contributed by atoms with Crippen molar-refractivity contribution in [3.8, 4) is 5.75 Å². The molecule has 2 aliphatic heterocycles. The van der Waals surface area contributed by atoms with Gasteiger partial charge in [0.15, 0.2) is 11.6 Å². The van der Waals surface area contributed by atoms with Gasteiger partial charge in [-0.25, -0.2) is 0 Å². The highest BCUT2D eigenvalue weighted by molar-refractivity contribution is 6.31. The summed E-state index contributed by atoms with van der Waals surface area (Å²) in [4.78, 5) is 28.9. The second-order valence-corrected chi connectivity index (χ2v) is 8.86. The zero-order chi connectivity index (χ0) is 21.9. The van der Waals surface area contributed by atoms with E-state index in [1.807, 2.05) is 12.1 Å². The molecule has 6 rings (SSSR count). The molecular weight excluding hydrogens is 402 g/mol. The molecule has 0 amide bonds. The molecule has 3 N–H and O–H groups in total. The average molecular weight is 425 g/mol. The Balaban J connectivity index is 1.28. The summed E-state index contributed by atoms with van der Waals surface area (Å²) in [5.41, 5.74) is 3.57. The van der Waals surface area contributed by atoms with E-state index in [0.29, 0.717) is 16.8 Å². The lowest BCUT2D eigenvalue weighted by atomic mass is 9.82. The Labute approximate surface area is 185 Å². The van der Waals surface area contributed by atoms with Crippen molar-refractivity contribution >= 4 is 22.9 Å². The van der Waals surface area contributed by atoms with Crippen LogP contribution in [0.5, 0.6) is 5.75 Å². The van der Waals surface area contributed by atoms with E-state index < -0.39 is 0 Å². The van der Waals surface area contributed by atoms with Crippen LogP contribution < -0.4 is 10.6 Å². The summed E-state index contributed by atoms with van der Waals surface area (Å²) < 4.78 is 0. The molecule has 1 aliphatic carbocycles. The number of hydrogen-bond donors (Lipinski definition) is 3. The van der Waals surface area contributed by atoms with Crippen molar-refractivity contribution in [3.63, 3.8) is 0 Å². The molecule has 0 saturated carbocycles. The van der Waals surface area contributed by atoms with Gasteiger partial charge in [-0.2, -0.15) is 0 Å². The number of likely N-dealkylation sites (tertiary alicyclic amines) is 1. The van der Waals surface area contributed by atoms with Gasteiger partial charge in [-0.3, -0.25) is 14.5 Å². The van der Waals surface area contributed by atoms with Crippen LogP contribution in [0.15, 0.2) is 60.7 Å². The van der Waals surface area contributed by atoms with Gasteiger partial charge in [-0.15, -0.1) is 0 Å². The van der Waals surface area contributed by atoms with E-state index in [4.69, 9.17) is 0 Å². The predicted octanol–water partition coefficient (Wildman–Crippen LogP) is 4.00. The van der Waals surface area contributed by atoms with Crippen molar-refractivity contribution in [3.05, 3.63) is 88.5 Å². The number of aromatic hydroxyl groups is 1. The highest BCUT2D eigenvalue weighted by Gasteiger charge is 2.43. The summed E-state index contributed by atoms with van der Waals surface area (Å²) in [7, 11) is 0. The number of phenols is 1. The van der Waals surface area contributed by atoms with Crippen LogP contribution in [-0.4, -0.2) is 40.3 Å². The summed E-state index contributed by atoms with van der Waals surface area (Å²) >= 11 is 0. The Kier molecular flexibility index (Phi) is 4.13. The third-order valence-electron chi connectivity index (χ3n) is 6.89. The van der Waals surface area contributed by atoms with Crippen molar-refractivity contribution in [1.82, 2.24) is 4.90 Å². The maximum Gasteiger partial charge on any atom is 0.200 e. The molecule has 6 nitrogen and oxygen atoms in total. The fourth-order valence-corrected chi connectivity index (χ4v) is 5.21. The van der Waals surface area contributed by atoms with E-state index >= 15 is 0 Å². The number of rotatable bonds is 2. The molecule has 6 heteroatoms. The molecule has 1 fully saturated rings. The van der Waals surface area contributed by atoms with Gasteiger partial charge in [0.1, 0.15) is 11.4 Å². The second-order valence-electron chi connectivity index (χ2n) is 8.86. The number of carbonyl (C=O) groups excluding carboxylic acids is 2. The summed E-state index contributed by atoms with van der Waals surface area (Å²) in [6, 6.07) is 18.7. The van der Waals surface area contributed by atoms with Crippen LogP contribution in [0, 0.1) is 0 Å². The molecule has 1 saturated heterocycles. The zero-order valence-corrected chi connectivity index (χ0v) is 17.5. The fraction of sp³-hybridized carbons (Fsp3) is 0.231. The van der Waals surface area contributed by atoms with Crippen LogP contribution >= 0.6 is 0 Å². The van der Waals surface area contributed by atoms with E-state index in [2.05, 4.69) is 39.8 Å². The Hall–Kier alpha value is -3.64. The summed E-state index contributed by atoms with van der Waals surface area (Å²) in [5, 5.41) is 17.5. The molecule has 1 spiro atoms. The van der Waals surface area contributed by atoms with Crippen LogP contribution in [0.4, 0.5) is 11.4 Å². The highest BCUT2D eigenvalue weighted by atomic mass is 16.3. The molecular formula is C26H23N3O3. The second kappa shape index (κ2) is 6.93. The maximum atomic E-state index is 13.4. The SMILES string of the molecule is O=C1c2cccc(O)c2C(=O)c2c1ccc1c2NC2(CCN(Cc3ccccc3)CC2)N1. The molecule has 0 radical (unpaired) electrons. The molecule has 3 aromatic carbocycles. The van der Waals surface area contributed by atoms with Gasteiger partial charge in [-0.1, -0.05) is 42.5 Å². The molecule has 0 aromatic heterocycles. The largest absolute Gasteiger partial charge is 0.507 e. The molecule has 3 aromatic rings. The number of nitrogens with zero attached hydrogens (tertiary/aromatic N) is 1. The summed E-state index contributed by atoms with van der Waals surface area (Å²) in [6.45, 7) is 2.76. The normalized spacial score (nSPS) is 18.5. The third-order valence-corrected chi connectivity index (χ3v) is 6.89. The van der Waals surface area contributed by atoms with Crippen LogP contribution in [0.1, 0.15) is 50.2 Å². The Morgan fingerprint density at radius 3 is 2.34 bits per heavy atom. The number of hydrogen-bond acceptors (Lipinski definition) is 6.